The Bertz CT molecular complexity index is 346. The summed E-state index contributed by atoms with van der Waals surface area (Å²) in [5.41, 5.74) is 2.39. The molecule has 0 heterocycles. The molecule has 2 N–H and O–H groups in total. The van der Waals surface area contributed by atoms with Gasteiger partial charge in [-0.05, 0) is 25.3 Å². The molecule has 3 heteroatoms. The monoisotopic (exact) mass is 234 g/mol. The zero-order valence-corrected chi connectivity index (χ0v) is 10.9. The smallest absolute Gasteiger partial charge is 0.315 e. The van der Waals surface area contributed by atoms with Gasteiger partial charge in [-0.25, -0.2) is 4.79 Å². The Hall–Kier alpha value is -1.51. The van der Waals surface area contributed by atoms with E-state index in [0.717, 1.165) is 24.9 Å². The molecule has 3 nitrogen and oxygen atoms in total. The van der Waals surface area contributed by atoms with Crippen LogP contribution in [0.4, 0.5) is 4.79 Å². The number of hydrogen-bond acceptors (Lipinski definition) is 1. The van der Waals surface area contributed by atoms with E-state index in [-0.39, 0.29) is 12.1 Å². The van der Waals surface area contributed by atoms with Crippen molar-refractivity contribution in [1.29, 1.82) is 0 Å². The molecule has 1 aromatic rings. The minimum Gasteiger partial charge on any atom is -0.338 e. The Morgan fingerprint density at radius 2 is 1.88 bits per heavy atom. The summed E-state index contributed by atoms with van der Waals surface area (Å²) in [6.07, 6.45) is 1.84. The number of nitrogens with one attached hydrogen (secondary N) is 2. The van der Waals surface area contributed by atoms with Gasteiger partial charge in [0.1, 0.15) is 0 Å². The van der Waals surface area contributed by atoms with Gasteiger partial charge in [0.2, 0.25) is 0 Å². The second kappa shape index (κ2) is 6.94. The molecule has 0 spiro atoms. The molecule has 0 unspecified atom stereocenters. The molecular weight excluding hydrogens is 212 g/mol. The quantitative estimate of drug-likeness (QED) is 0.807. The van der Waals surface area contributed by atoms with Crippen molar-refractivity contribution >= 4 is 6.03 Å². The highest BCUT2D eigenvalue weighted by Crippen LogP contribution is 2.16. The number of aryl methyl sites for hydroxylation is 1. The Morgan fingerprint density at radius 1 is 1.24 bits per heavy atom. The number of hydrogen-bond donors (Lipinski definition) is 2. The van der Waals surface area contributed by atoms with Crippen molar-refractivity contribution in [2.24, 2.45) is 0 Å². The van der Waals surface area contributed by atoms with E-state index in [2.05, 4.69) is 48.7 Å². The topological polar surface area (TPSA) is 41.1 Å². The highest BCUT2D eigenvalue weighted by atomic mass is 16.2. The largest absolute Gasteiger partial charge is 0.338 e. The lowest BCUT2D eigenvalue weighted by Crippen LogP contribution is -2.38. The molecule has 0 fully saturated rings. The van der Waals surface area contributed by atoms with Crippen LogP contribution in [0.25, 0.3) is 0 Å². The Morgan fingerprint density at radius 3 is 2.41 bits per heavy atom. The van der Waals surface area contributed by atoms with Gasteiger partial charge in [-0.15, -0.1) is 0 Å². The number of urea groups is 1. The van der Waals surface area contributed by atoms with Crippen molar-refractivity contribution in [2.75, 3.05) is 6.54 Å². The van der Waals surface area contributed by atoms with Gasteiger partial charge in [0.25, 0.3) is 0 Å². The second-order valence-electron chi connectivity index (χ2n) is 4.27. The molecule has 1 atom stereocenters. The van der Waals surface area contributed by atoms with Crippen LogP contribution in [0.5, 0.6) is 0 Å². The van der Waals surface area contributed by atoms with Crippen molar-refractivity contribution in [3.8, 4) is 0 Å². The first-order valence-corrected chi connectivity index (χ1v) is 6.28. The number of carbonyl (C=O) groups is 1. The SMILES string of the molecule is CCCNC(=O)N[C@@H](CC)c1ccc(C)cc1. The third-order valence-corrected chi connectivity index (χ3v) is 2.73. The molecule has 1 aromatic carbocycles. The van der Waals surface area contributed by atoms with Crippen LogP contribution in [0.15, 0.2) is 24.3 Å². The fourth-order valence-corrected chi connectivity index (χ4v) is 1.67. The summed E-state index contributed by atoms with van der Waals surface area (Å²) in [6.45, 7) is 6.89. The predicted molar refractivity (Wildman–Crippen MR) is 71.0 cm³/mol. The Kier molecular flexibility index (Phi) is 5.53. The molecule has 94 valence electrons. The third-order valence-electron chi connectivity index (χ3n) is 2.73. The van der Waals surface area contributed by atoms with Crippen LogP contribution in [0.1, 0.15) is 43.9 Å². The molecule has 0 aromatic heterocycles. The second-order valence-corrected chi connectivity index (χ2v) is 4.27. The molecule has 0 aliphatic rings. The van der Waals surface area contributed by atoms with E-state index in [4.69, 9.17) is 0 Å². The number of benzene rings is 1. The molecule has 0 aliphatic heterocycles. The lowest BCUT2D eigenvalue weighted by Gasteiger charge is -2.18. The molecule has 0 radical (unpaired) electrons. The maximum Gasteiger partial charge on any atom is 0.315 e. The highest BCUT2D eigenvalue weighted by Gasteiger charge is 2.11. The first kappa shape index (κ1) is 13.6. The van der Waals surface area contributed by atoms with E-state index in [9.17, 15) is 4.79 Å². The van der Waals surface area contributed by atoms with Crippen LogP contribution >= 0.6 is 0 Å². The summed E-state index contributed by atoms with van der Waals surface area (Å²) in [4.78, 5) is 11.6. The van der Waals surface area contributed by atoms with Crippen molar-refractivity contribution in [1.82, 2.24) is 10.6 Å². The number of amides is 2. The number of rotatable bonds is 5. The minimum absolute atomic E-state index is 0.0840. The third kappa shape index (κ3) is 4.47. The molecule has 0 saturated carbocycles. The molecule has 0 aliphatic carbocycles. The normalized spacial score (nSPS) is 11.9. The first-order valence-electron chi connectivity index (χ1n) is 6.28. The van der Waals surface area contributed by atoms with Crippen LogP contribution in [-0.4, -0.2) is 12.6 Å². The van der Waals surface area contributed by atoms with Gasteiger partial charge in [-0.2, -0.15) is 0 Å². The van der Waals surface area contributed by atoms with E-state index in [1.165, 1.54) is 5.56 Å². The van der Waals surface area contributed by atoms with Crippen LogP contribution in [0.2, 0.25) is 0 Å². The molecule has 0 saturated heterocycles. The van der Waals surface area contributed by atoms with Gasteiger partial charge in [0.15, 0.2) is 0 Å². The maximum absolute atomic E-state index is 11.6. The van der Waals surface area contributed by atoms with Crippen molar-refractivity contribution in [3.05, 3.63) is 35.4 Å². The Labute approximate surface area is 104 Å². The lowest BCUT2D eigenvalue weighted by atomic mass is 10.0. The zero-order chi connectivity index (χ0) is 12.7. The summed E-state index contributed by atoms with van der Waals surface area (Å²) in [7, 11) is 0. The van der Waals surface area contributed by atoms with Gasteiger partial charge in [0.05, 0.1) is 6.04 Å². The maximum atomic E-state index is 11.6. The number of carbonyl (C=O) groups excluding carboxylic acids is 1. The van der Waals surface area contributed by atoms with Crippen molar-refractivity contribution in [2.45, 2.75) is 39.7 Å². The fourth-order valence-electron chi connectivity index (χ4n) is 1.67. The molecule has 2 amide bonds. The van der Waals surface area contributed by atoms with Crippen molar-refractivity contribution in [3.63, 3.8) is 0 Å². The minimum atomic E-state index is -0.0840. The summed E-state index contributed by atoms with van der Waals surface area (Å²) in [5, 5.41) is 5.82. The van der Waals surface area contributed by atoms with Crippen LogP contribution < -0.4 is 10.6 Å². The van der Waals surface area contributed by atoms with E-state index < -0.39 is 0 Å². The standard InChI is InChI=1S/C14H22N2O/c1-4-10-15-14(17)16-13(5-2)12-8-6-11(3)7-9-12/h6-9,13H,4-5,10H2,1-3H3,(H2,15,16,17)/t13-/m0/s1. The van der Waals surface area contributed by atoms with Gasteiger partial charge in [-0.1, -0.05) is 43.7 Å². The summed E-state index contributed by atoms with van der Waals surface area (Å²) in [5.74, 6) is 0. The zero-order valence-electron chi connectivity index (χ0n) is 10.9. The predicted octanol–water partition coefficient (Wildman–Crippen LogP) is 3.16. The van der Waals surface area contributed by atoms with Gasteiger partial charge >= 0.3 is 6.03 Å². The van der Waals surface area contributed by atoms with Gasteiger partial charge < -0.3 is 10.6 Å². The lowest BCUT2D eigenvalue weighted by molar-refractivity contribution is 0.236. The van der Waals surface area contributed by atoms with E-state index in [1.54, 1.807) is 0 Å². The van der Waals surface area contributed by atoms with Gasteiger partial charge in [-0.3, -0.25) is 0 Å². The molecule has 0 bridgehead atoms. The molecule has 1 rings (SSSR count). The fraction of sp³-hybridized carbons (Fsp3) is 0.500. The molecule has 17 heavy (non-hydrogen) atoms. The summed E-state index contributed by atoms with van der Waals surface area (Å²) in [6, 6.07) is 8.30. The molecular formula is C14H22N2O. The van der Waals surface area contributed by atoms with Crippen molar-refractivity contribution < 1.29 is 4.79 Å². The van der Waals surface area contributed by atoms with Crippen LogP contribution in [0, 0.1) is 6.92 Å². The summed E-state index contributed by atoms with van der Waals surface area (Å²) < 4.78 is 0. The first-order chi connectivity index (χ1) is 8.17. The van der Waals surface area contributed by atoms with Crippen LogP contribution in [0.3, 0.4) is 0 Å². The summed E-state index contributed by atoms with van der Waals surface area (Å²) >= 11 is 0. The van der Waals surface area contributed by atoms with E-state index in [0.29, 0.717) is 0 Å². The van der Waals surface area contributed by atoms with Crippen LogP contribution in [-0.2, 0) is 0 Å². The van der Waals surface area contributed by atoms with E-state index >= 15 is 0 Å². The van der Waals surface area contributed by atoms with Gasteiger partial charge in [0, 0.05) is 6.54 Å². The average Bonchev–Trinajstić information content (AvgIpc) is 2.34. The van der Waals surface area contributed by atoms with E-state index in [1.807, 2.05) is 6.92 Å². The Balaban J connectivity index is 2.59. The highest BCUT2D eigenvalue weighted by molar-refractivity contribution is 5.74. The average molecular weight is 234 g/mol.